The Labute approximate surface area is 224 Å². The second-order valence-electron chi connectivity index (χ2n) is 9.53. The van der Waals surface area contributed by atoms with E-state index in [1.165, 1.54) is 0 Å². The molecule has 0 radical (unpaired) electrons. The quantitative estimate of drug-likeness (QED) is 0.273. The van der Waals surface area contributed by atoms with Crippen LogP contribution in [0.2, 0.25) is 10.0 Å². The van der Waals surface area contributed by atoms with Gasteiger partial charge in [0.25, 0.3) is 0 Å². The second-order valence-corrected chi connectivity index (χ2v) is 10.4. The fourth-order valence-electron chi connectivity index (χ4n) is 3.90. The highest BCUT2D eigenvalue weighted by molar-refractivity contribution is 6.30. The van der Waals surface area contributed by atoms with Gasteiger partial charge in [-0.25, -0.2) is 9.59 Å². The Balaban J connectivity index is 0.000000697. The molecule has 8 heteroatoms. The smallest absolute Gasteiger partial charge is 0.328 e. The van der Waals surface area contributed by atoms with E-state index in [2.05, 4.69) is 32.6 Å². The first-order valence-corrected chi connectivity index (χ1v) is 12.7. The maximum Gasteiger partial charge on any atom is 0.328 e. The van der Waals surface area contributed by atoms with Gasteiger partial charge in [-0.05, 0) is 66.6 Å². The van der Waals surface area contributed by atoms with Gasteiger partial charge in [0.1, 0.15) is 5.60 Å². The summed E-state index contributed by atoms with van der Waals surface area (Å²) in [4.78, 5) is 21.6. The van der Waals surface area contributed by atoms with E-state index in [-0.39, 0.29) is 0 Å². The Hall–Kier alpha value is -2.38. The van der Waals surface area contributed by atoms with E-state index in [9.17, 15) is 14.7 Å². The molecule has 0 aliphatic carbocycles. The number of benzene rings is 2. The molecule has 0 aromatic heterocycles. The molecule has 0 aliphatic rings. The molecule has 2 rings (SSSR count). The van der Waals surface area contributed by atoms with Crippen LogP contribution in [0, 0.1) is 11.8 Å². The summed E-state index contributed by atoms with van der Waals surface area (Å²) in [5.74, 6) is -1.25. The standard InChI is InChI=1S/C24H33Cl2NO.C4H4O4/c1-18(2)16-27(17-19(3)4)15-5-14-24(28,20-6-10-22(25)11-7-20)21-8-12-23(26)13-9-21;5-3(6)1-2-4(7)8/h6-13,18-19,28H,5,14-17H2,1-4H3;1-2H,(H,5,6)(H,7,8). The van der Waals surface area contributed by atoms with Gasteiger partial charge < -0.3 is 20.2 Å². The highest BCUT2D eigenvalue weighted by Gasteiger charge is 2.31. The normalized spacial score (nSPS) is 11.7. The summed E-state index contributed by atoms with van der Waals surface area (Å²) in [6.07, 6.45) is 2.66. The van der Waals surface area contributed by atoms with Crippen molar-refractivity contribution < 1.29 is 24.9 Å². The zero-order valence-corrected chi connectivity index (χ0v) is 22.8. The number of aliphatic hydroxyl groups is 1. The largest absolute Gasteiger partial charge is 0.478 e. The van der Waals surface area contributed by atoms with E-state index in [0.29, 0.717) is 40.5 Å². The molecule has 0 unspecified atom stereocenters. The van der Waals surface area contributed by atoms with E-state index in [1.54, 1.807) is 0 Å². The molecule has 2 aromatic rings. The first-order valence-electron chi connectivity index (χ1n) is 11.9. The molecule has 0 aliphatic heterocycles. The number of carboxylic acid groups (broad SMARTS) is 2. The minimum atomic E-state index is -1.26. The lowest BCUT2D eigenvalue weighted by molar-refractivity contribution is -0.134. The van der Waals surface area contributed by atoms with Gasteiger partial charge >= 0.3 is 11.9 Å². The fourth-order valence-corrected chi connectivity index (χ4v) is 4.15. The molecule has 0 saturated heterocycles. The molecule has 0 fully saturated rings. The van der Waals surface area contributed by atoms with Gasteiger partial charge in [-0.15, -0.1) is 0 Å². The summed E-state index contributed by atoms with van der Waals surface area (Å²) < 4.78 is 0. The van der Waals surface area contributed by atoms with Crippen LogP contribution < -0.4 is 0 Å². The summed E-state index contributed by atoms with van der Waals surface area (Å²) in [5.41, 5.74) is 0.660. The first kappa shape index (κ1) is 31.6. The summed E-state index contributed by atoms with van der Waals surface area (Å²) >= 11 is 12.1. The lowest BCUT2D eigenvalue weighted by Crippen LogP contribution is -2.34. The molecule has 0 heterocycles. The van der Waals surface area contributed by atoms with Gasteiger partial charge in [-0.2, -0.15) is 0 Å². The number of carboxylic acids is 2. The van der Waals surface area contributed by atoms with Crippen LogP contribution >= 0.6 is 23.2 Å². The third-order valence-corrected chi connectivity index (χ3v) is 5.78. The maximum atomic E-state index is 11.7. The van der Waals surface area contributed by atoms with Crippen LogP contribution in [-0.2, 0) is 15.2 Å². The van der Waals surface area contributed by atoms with E-state index >= 15 is 0 Å². The van der Waals surface area contributed by atoms with Gasteiger partial charge in [0.2, 0.25) is 0 Å². The second kappa shape index (κ2) is 15.7. The van der Waals surface area contributed by atoms with Crippen LogP contribution in [0.1, 0.15) is 51.7 Å². The number of rotatable bonds is 12. The number of hydrogen-bond donors (Lipinski definition) is 3. The molecule has 0 bridgehead atoms. The third-order valence-electron chi connectivity index (χ3n) is 5.27. The molecule has 0 atom stereocenters. The number of carbonyl (C=O) groups is 2. The molecule has 0 spiro atoms. The average Bonchev–Trinajstić information content (AvgIpc) is 2.78. The molecular weight excluding hydrogens is 501 g/mol. The minimum absolute atomic E-state index is 0.558. The average molecular weight is 539 g/mol. The van der Waals surface area contributed by atoms with Crippen LogP contribution in [0.3, 0.4) is 0 Å². The van der Waals surface area contributed by atoms with Crippen LogP contribution in [0.4, 0.5) is 0 Å². The molecule has 3 N–H and O–H groups in total. The number of aliphatic carboxylic acids is 2. The number of hydrogen-bond acceptors (Lipinski definition) is 4. The van der Waals surface area contributed by atoms with Crippen molar-refractivity contribution in [1.29, 1.82) is 0 Å². The number of halogens is 2. The first-order chi connectivity index (χ1) is 16.8. The van der Waals surface area contributed by atoms with Crippen molar-refractivity contribution in [2.24, 2.45) is 11.8 Å². The van der Waals surface area contributed by atoms with Crippen molar-refractivity contribution in [2.75, 3.05) is 19.6 Å². The molecule has 6 nitrogen and oxygen atoms in total. The zero-order valence-electron chi connectivity index (χ0n) is 21.3. The number of nitrogens with zero attached hydrogens (tertiary/aromatic N) is 1. The molecule has 0 saturated carbocycles. The van der Waals surface area contributed by atoms with E-state index in [1.807, 2.05) is 48.5 Å². The van der Waals surface area contributed by atoms with Gasteiger partial charge in [0.05, 0.1) is 0 Å². The highest BCUT2D eigenvalue weighted by atomic mass is 35.5. The van der Waals surface area contributed by atoms with Crippen LogP contribution in [0.5, 0.6) is 0 Å². The van der Waals surface area contributed by atoms with Gasteiger partial charge in [-0.3, -0.25) is 0 Å². The van der Waals surface area contributed by atoms with Crippen LogP contribution in [0.25, 0.3) is 0 Å². The Morgan fingerprint density at radius 2 is 1.17 bits per heavy atom. The topological polar surface area (TPSA) is 98.1 Å². The Kier molecular flexibility index (Phi) is 13.8. The van der Waals surface area contributed by atoms with Gasteiger partial charge in [0.15, 0.2) is 0 Å². The third kappa shape index (κ3) is 12.0. The molecular formula is C28H37Cl2NO5. The van der Waals surface area contributed by atoms with Crippen LogP contribution in [0.15, 0.2) is 60.7 Å². The molecule has 36 heavy (non-hydrogen) atoms. The van der Waals surface area contributed by atoms with Crippen molar-refractivity contribution in [1.82, 2.24) is 4.90 Å². The van der Waals surface area contributed by atoms with E-state index in [4.69, 9.17) is 33.4 Å². The predicted octanol–water partition coefficient (Wildman–Crippen LogP) is 6.34. The van der Waals surface area contributed by atoms with Crippen molar-refractivity contribution in [2.45, 2.75) is 46.1 Å². The molecule has 198 valence electrons. The zero-order chi connectivity index (χ0) is 27.3. The highest BCUT2D eigenvalue weighted by Crippen LogP contribution is 2.35. The van der Waals surface area contributed by atoms with Crippen molar-refractivity contribution in [3.05, 3.63) is 81.9 Å². The van der Waals surface area contributed by atoms with Crippen molar-refractivity contribution in [3.8, 4) is 0 Å². The maximum absolute atomic E-state index is 11.7. The van der Waals surface area contributed by atoms with Gasteiger partial charge in [0, 0.05) is 35.3 Å². The Morgan fingerprint density at radius 3 is 1.47 bits per heavy atom. The lowest BCUT2D eigenvalue weighted by Gasteiger charge is -2.32. The monoisotopic (exact) mass is 537 g/mol. The van der Waals surface area contributed by atoms with Crippen LogP contribution in [-0.4, -0.2) is 51.8 Å². The summed E-state index contributed by atoms with van der Waals surface area (Å²) in [5, 5.41) is 28.7. The van der Waals surface area contributed by atoms with Crippen molar-refractivity contribution in [3.63, 3.8) is 0 Å². The fraction of sp³-hybridized carbons (Fsp3) is 0.429. The summed E-state index contributed by atoms with van der Waals surface area (Å²) in [7, 11) is 0. The Bertz CT molecular complexity index is 901. The minimum Gasteiger partial charge on any atom is -0.478 e. The predicted molar refractivity (Wildman–Crippen MR) is 146 cm³/mol. The van der Waals surface area contributed by atoms with Crippen molar-refractivity contribution >= 4 is 35.1 Å². The van der Waals surface area contributed by atoms with Gasteiger partial charge in [-0.1, -0.05) is 75.2 Å². The molecule has 2 aromatic carbocycles. The summed E-state index contributed by atoms with van der Waals surface area (Å²) in [6.45, 7) is 12.2. The van der Waals surface area contributed by atoms with E-state index in [0.717, 1.165) is 37.2 Å². The lowest BCUT2D eigenvalue weighted by atomic mass is 9.82. The van der Waals surface area contributed by atoms with E-state index < -0.39 is 17.5 Å². The SMILES string of the molecule is CC(C)CN(CCCC(O)(c1ccc(Cl)cc1)c1ccc(Cl)cc1)CC(C)C.O=C(O)C=CC(=O)O. The summed E-state index contributed by atoms with van der Waals surface area (Å²) in [6, 6.07) is 15.0. The Morgan fingerprint density at radius 1 is 0.806 bits per heavy atom. The molecule has 0 amide bonds.